The van der Waals surface area contributed by atoms with Gasteiger partial charge >= 0.3 is 0 Å². The van der Waals surface area contributed by atoms with Crippen molar-refractivity contribution in [2.24, 2.45) is 5.92 Å². The normalized spacial score (nSPS) is 41.7. The Morgan fingerprint density at radius 2 is 2.27 bits per heavy atom. The molecular weight excluding hydrogens is 186 g/mol. The van der Waals surface area contributed by atoms with Gasteiger partial charge < -0.3 is 10.4 Å². The molecule has 1 aliphatic heterocycles. The topological polar surface area (TPSA) is 32.3 Å². The Balaban J connectivity index is 2.00. The first-order chi connectivity index (χ1) is 7.24. The van der Waals surface area contributed by atoms with Crippen LogP contribution in [-0.2, 0) is 0 Å². The minimum absolute atomic E-state index is 0.292. The van der Waals surface area contributed by atoms with Gasteiger partial charge in [0.25, 0.3) is 0 Å². The molecule has 1 aliphatic carbocycles. The smallest absolute Gasteiger partial charge is 0.0980 e. The van der Waals surface area contributed by atoms with Crippen molar-refractivity contribution in [3.05, 3.63) is 12.2 Å². The van der Waals surface area contributed by atoms with Crippen molar-refractivity contribution in [2.45, 2.75) is 57.1 Å². The summed E-state index contributed by atoms with van der Waals surface area (Å²) in [7, 11) is 0. The van der Waals surface area contributed by atoms with Crippen molar-refractivity contribution < 1.29 is 5.11 Å². The molecule has 15 heavy (non-hydrogen) atoms. The lowest BCUT2D eigenvalue weighted by Crippen LogP contribution is -2.52. The van der Waals surface area contributed by atoms with Crippen molar-refractivity contribution in [2.75, 3.05) is 6.54 Å². The highest BCUT2D eigenvalue weighted by atomic mass is 16.3. The lowest BCUT2D eigenvalue weighted by atomic mass is 9.77. The maximum absolute atomic E-state index is 10.6. The van der Waals surface area contributed by atoms with Crippen LogP contribution in [0.25, 0.3) is 0 Å². The Kier molecular flexibility index (Phi) is 3.47. The standard InChI is InChI=1S/C13H23NO/c1-2-11-6-8-13(15,9-7-11)12-5-3-4-10-14-12/h6,8,11-12,14-15H,2-5,7,9-10H2,1H3. The maximum Gasteiger partial charge on any atom is 0.0980 e. The highest BCUT2D eigenvalue weighted by molar-refractivity contribution is 5.13. The quantitative estimate of drug-likeness (QED) is 0.684. The number of aliphatic hydroxyl groups is 1. The van der Waals surface area contributed by atoms with Gasteiger partial charge in [0.05, 0.1) is 5.60 Å². The molecule has 2 N–H and O–H groups in total. The van der Waals surface area contributed by atoms with Crippen molar-refractivity contribution in [1.29, 1.82) is 0 Å². The molecule has 1 saturated heterocycles. The molecule has 2 heteroatoms. The number of piperidine rings is 1. The average molecular weight is 209 g/mol. The first-order valence-corrected chi connectivity index (χ1v) is 6.40. The molecule has 2 rings (SSSR count). The number of hydrogen-bond donors (Lipinski definition) is 2. The van der Waals surface area contributed by atoms with Crippen molar-refractivity contribution in [1.82, 2.24) is 5.32 Å². The minimum atomic E-state index is -0.563. The Hall–Kier alpha value is -0.340. The molecule has 1 fully saturated rings. The van der Waals surface area contributed by atoms with Crippen LogP contribution < -0.4 is 5.32 Å². The molecule has 0 aromatic rings. The Labute approximate surface area is 92.8 Å². The predicted molar refractivity (Wildman–Crippen MR) is 62.7 cm³/mol. The number of allylic oxidation sites excluding steroid dienone is 1. The summed E-state index contributed by atoms with van der Waals surface area (Å²) in [5.74, 6) is 0.689. The Morgan fingerprint density at radius 3 is 2.80 bits per heavy atom. The fourth-order valence-corrected chi connectivity index (χ4v) is 2.81. The summed E-state index contributed by atoms with van der Waals surface area (Å²) >= 11 is 0. The van der Waals surface area contributed by atoms with Crippen molar-refractivity contribution >= 4 is 0 Å². The number of hydrogen-bond acceptors (Lipinski definition) is 2. The van der Waals surface area contributed by atoms with E-state index in [0.29, 0.717) is 12.0 Å². The second kappa shape index (κ2) is 4.67. The van der Waals surface area contributed by atoms with E-state index in [1.165, 1.54) is 19.3 Å². The molecule has 0 aromatic carbocycles. The average Bonchev–Trinajstić information content (AvgIpc) is 2.31. The molecule has 0 aromatic heterocycles. The first-order valence-electron chi connectivity index (χ1n) is 6.40. The summed E-state index contributed by atoms with van der Waals surface area (Å²) in [4.78, 5) is 0. The molecule has 2 nitrogen and oxygen atoms in total. The summed E-state index contributed by atoms with van der Waals surface area (Å²) in [6, 6.07) is 0.292. The Morgan fingerprint density at radius 1 is 1.40 bits per heavy atom. The van der Waals surface area contributed by atoms with Crippen LogP contribution in [-0.4, -0.2) is 23.3 Å². The molecule has 2 aliphatic rings. The second-order valence-corrected chi connectivity index (χ2v) is 5.06. The largest absolute Gasteiger partial charge is 0.384 e. The molecule has 0 amide bonds. The zero-order valence-electron chi connectivity index (χ0n) is 9.71. The third-order valence-corrected chi connectivity index (χ3v) is 4.01. The van der Waals surface area contributed by atoms with E-state index < -0.39 is 5.60 Å². The molecule has 3 atom stereocenters. The van der Waals surface area contributed by atoms with Crippen LogP contribution in [0.2, 0.25) is 0 Å². The molecule has 0 spiro atoms. The molecule has 0 saturated carbocycles. The van der Waals surface area contributed by atoms with Crippen molar-refractivity contribution in [3.63, 3.8) is 0 Å². The second-order valence-electron chi connectivity index (χ2n) is 5.06. The summed E-state index contributed by atoms with van der Waals surface area (Å²) in [6.07, 6.45) is 11.2. The van der Waals surface area contributed by atoms with E-state index in [0.717, 1.165) is 25.8 Å². The maximum atomic E-state index is 10.6. The van der Waals surface area contributed by atoms with Gasteiger partial charge in [-0.25, -0.2) is 0 Å². The summed E-state index contributed by atoms with van der Waals surface area (Å²) in [5, 5.41) is 14.0. The van der Waals surface area contributed by atoms with Gasteiger partial charge in [0, 0.05) is 6.04 Å². The van der Waals surface area contributed by atoms with Crippen LogP contribution in [0.5, 0.6) is 0 Å². The zero-order valence-corrected chi connectivity index (χ0v) is 9.71. The van der Waals surface area contributed by atoms with Crippen LogP contribution in [0.1, 0.15) is 45.4 Å². The van der Waals surface area contributed by atoms with Gasteiger partial charge in [0.15, 0.2) is 0 Å². The summed E-state index contributed by atoms with van der Waals surface area (Å²) in [6.45, 7) is 3.29. The van der Waals surface area contributed by atoms with E-state index in [9.17, 15) is 5.11 Å². The van der Waals surface area contributed by atoms with Crippen LogP contribution in [0, 0.1) is 5.92 Å². The molecule has 1 heterocycles. The lowest BCUT2D eigenvalue weighted by Gasteiger charge is -2.40. The molecule has 3 unspecified atom stereocenters. The highest BCUT2D eigenvalue weighted by Crippen LogP contribution is 2.32. The highest BCUT2D eigenvalue weighted by Gasteiger charge is 2.36. The lowest BCUT2D eigenvalue weighted by molar-refractivity contribution is 0.0197. The zero-order chi connectivity index (χ0) is 10.7. The van der Waals surface area contributed by atoms with Gasteiger partial charge in [-0.2, -0.15) is 0 Å². The summed E-state index contributed by atoms with van der Waals surface area (Å²) in [5.41, 5.74) is -0.563. The van der Waals surface area contributed by atoms with Gasteiger partial charge in [-0.1, -0.05) is 25.5 Å². The SMILES string of the molecule is CCC1C=CC(O)(C2CCCCN2)CC1. The molecule has 86 valence electrons. The van der Waals surface area contributed by atoms with Gasteiger partial charge in [-0.15, -0.1) is 0 Å². The predicted octanol–water partition coefficient (Wildman–Crippen LogP) is 2.24. The van der Waals surface area contributed by atoms with Gasteiger partial charge in [-0.05, 0) is 44.6 Å². The number of rotatable bonds is 2. The first kappa shape index (κ1) is 11.2. The van der Waals surface area contributed by atoms with E-state index in [2.05, 4.69) is 24.4 Å². The fourth-order valence-electron chi connectivity index (χ4n) is 2.81. The Bertz CT molecular complexity index is 233. The van der Waals surface area contributed by atoms with Crippen LogP contribution in [0.15, 0.2) is 12.2 Å². The van der Waals surface area contributed by atoms with Crippen molar-refractivity contribution in [3.8, 4) is 0 Å². The van der Waals surface area contributed by atoms with Gasteiger partial charge in [-0.3, -0.25) is 0 Å². The van der Waals surface area contributed by atoms with Gasteiger partial charge in [0.2, 0.25) is 0 Å². The number of nitrogens with one attached hydrogen (secondary N) is 1. The van der Waals surface area contributed by atoms with E-state index >= 15 is 0 Å². The third-order valence-electron chi connectivity index (χ3n) is 4.01. The molecular formula is C13H23NO. The fraction of sp³-hybridized carbons (Fsp3) is 0.846. The van der Waals surface area contributed by atoms with E-state index in [-0.39, 0.29) is 0 Å². The van der Waals surface area contributed by atoms with Crippen LogP contribution in [0.3, 0.4) is 0 Å². The van der Waals surface area contributed by atoms with E-state index in [1.54, 1.807) is 0 Å². The van der Waals surface area contributed by atoms with Gasteiger partial charge in [0.1, 0.15) is 0 Å². The molecule has 0 radical (unpaired) electrons. The van der Waals surface area contributed by atoms with E-state index in [4.69, 9.17) is 0 Å². The molecule has 0 bridgehead atoms. The third kappa shape index (κ3) is 2.43. The van der Waals surface area contributed by atoms with Crippen LogP contribution >= 0.6 is 0 Å². The minimum Gasteiger partial charge on any atom is -0.384 e. The van der Waals surface area contributed by atoms with Crippen LogP contribution in [0.4, 0.5) is 0 Å². The van der Waals surface area contributed by atoms with E-state index in [1.807, 2.05) is 0 Å². The monoisotopic (exact) mass is 209 g/mol. The summed E-state index contributed by atoms with van der Waals surface area (Å²) < 4.78 is 0.